The second kappa shape index (κ2) is 10.5. The summed E-state index contributed by atoms with van der Waals surface area (Å²) in [5.41, 5.74) is 6.36. The lowest BCUT2D eigenvalue weighted by Crippen LogP contribution is -2.19. The van der Waals surface area contributed by atoms with Gasteiger partial charge in [-0.25, -0.2) is 13.2 Å². The summed E-state index contributed by atoms with van der Waals surface area (Å²) in [5.74, 6) is 0. The van der Waals surface area contributed by atoms with Crippen LogP contribution in [-0.4, -0.2) is 26.4 Å². The smallest absolute Gasteiger partial charge is 0.308 e. The van der Waals surface area contributed by atoms with E-state index in [1.807, 2.05) is 59.6 Å². The first-order valence-corrected chi connectivity index (χ1v) is 14.1. The number of amides is 2. The molecule has 0 radical (unpaired) electrons. The number of urea groups is 1. The molecular formula is C30H28N4O3S. The van der Waals surface area contributed by atoms with Gasteiger partial charge in [-0.05, 0) is 66.6 Å². The Kier molecular flexibility index (Phi) is 6.98. The molecule has 1 atom stereocenters. The molecule has 1 aliphatic heterocycles. The highest BCUT2D eigenvalue weighted by atomic mass is 32.2. The van der Waals surface area contributed by atoms with E-state index in [9.17, 15) is 13.2 Å². The van der Waals surface area contributed by atoms with Crippen molar-refractivity contribution < 1.29 is 13.2 Å². The highest BCUT2D eigenvalue weighted by Crippen LogP contribution is 2.37. The van der Waals surface area contributed by atoms with Gasteiger partial charge in [-0.1, -0.05) is 60.2 Å². The molecular weight excluding hydrogens is 496 g/mol. The first-order valence-electron chi connectivity index (χ1n) is 12.2. The van der Waals surface area contributed by atoms with Crippen molar-refractivity contribution in [3.63, 3.8) is 0 Å². The minimum atomic E-state index is -3.29. The highest BCUT2D eigenvalue weighted by Gasteiger charge is 2.30. The molecule has 4 aromatic carbocycles. The van der Waals surface area contributed by atoms with Gasteiger partial charge in [0, 0.05) is 24.1 Å². The van der Waals surface area contributed by atoms with Crippen LogP contribution in [0, 0.1) is 6.92 Å². The average Bonchev–Trinajstić information content (AvgIpc) is 3.35. The standard InChI is InChI=1S/C30H28N4O3S/c1-21-8-10-23(11-9-21)29-20-28(33-34(29)26-16-18-27(19-17-26)38(2,36)37)22-12-14-25(15-13-22)32-30(35)31-24-6-4-3-5-7-24/h3-19,29H,20H2,1-2H3,(H2,31,32,35). The summed E-state index contributed by atoms with van der Waals surface area (Å²) in [7, 11) is -3.29. The molecule has 4 aromatic rings. The van der Waals surface area contributed by atoms with Crippen LogP contribution in [0.1, 0.15) is 29.2 Å². The molecule has 0 saturated carbocycles. The van der Waals surface area contributed by atoms with Gasteiger partial charge in [-0.3, -0.25) is 5.01 Å². The van der Waals surface area contributed by atoms with E-state index < -0.39 is 9.84 Å². The third-order valence-corrected chi connectivity index (χ3v) is 7.54. The summed E-state index contributed by atoms with van der Waals surface area (Å²) >= 11 is 0. The normalized spacial score (nSPS) is 15.2. The number of anilines is 3. The number of para-hydroxylation sites is 1. The summed E-state index contributed by atoms with van der Waals surface area (Å²) in [6, 6.07) is 31.7. The summed E-state index contributed by atoms with van der Waals surface area (Å²) in [5, 5.41) is 12.6. The van der Waals surface area contributed by atoms with E-state index in [1.165, 1.54) is 11.8 Å². The summed E-state index contributed by atoms with van der Waals surface area (Å²) in [6.45, 7) is 2.05. The Balaban J connectivity index is 1.38. The van der Waals surface area contributed by atoms with Crippen molar-refractivity contribution in [2.24, 2.45) is 5.10 Å². The fourth-order valence-corrected chi connectivity index (χ4v) is 5.01. The molecule has 38 heavy (non-hydrogen) atoms. The lowest BCUT2D eigenvalue weighted by atomic mass is 9.97. The topological polar surface area (TPSA) is 90.9 Å². The molecule has 0 bridgehead atoms. The van der Waals surface area contributed by atoms with Gasteiger partial charge < -0.3 is 10.6 Å². The van der Waals surface area contributed by atoms with E-state index in [4.69, 9.17) is 5.10 Å². The summed E-state index contributed by atoms with van der Waals surface area (Å²) in [4.78, 5) is 12.6. The Labute approximate surface area is 222 Å². The first kappa shape index (κ1) is 25.2. The second-order valence-corrected chi connectivity index (χ2v) is 11.3. The third kappa shape index (κ3) is 5.76. The molecule has 1 heterocycles. The molecule has 0 saturated heterocycles. The zero-order valence-electron chi connectivity index (χ0n) is 21.1. The number of nitrogens with one attached hydrogen (secondary N) is 2. The molecule has 8 heteroatoms. The maximum atomic E-state index is 12.3. The van der Waals surface area contributed by atoms with Crippen molar-refractivity contribution >= 4 is 38.6 Å². The minimum absolute atomic E-state index is 0.0378. The molecule has 0 spiro atoms. The van der Waals surface area contributed by atoms with Gasteiger partial charge in [0.25, 0.3) is 0 Å². The van der Waals surface area contributed by atoms with Crippen LogP contribution in [-0.2, 0) is 9.84 Å². The molecule has 1 aliphatic rings. The number of carbonyl (C=O) groups is 1. The number of carbonyl (C=O) groups excluding carboxylic acids is 1. The Morgan fingerprint density at radius 3 is 2.03 bits per heavy atom. The highest BCUT2D eigenvalue weighted by molar-refractivity contribution is 7.90. The van der Waals surface area contributed by atoms with Crippen LogP contribution < -0.4 is 15.6 Å². The van der Waals surface area contributed by atoms with E-state index in [-0.39, 0.29) is 17.0 Å². The third-order valence-electron chi connectivity index (χ3n) is 6.41. The molecule has 0 aromatic heterocycles. The zero-order chi connectivity index (χ0) is 26.7. The summed E-state index contributed by atoms with van der Waals surface area (Å²) < 4.78 is 23.9. The minimum Gasteiger partial charge on any atom is -0.308 e. The van der Waals surface area contributed by atoms with Crippen molar-refractivity contribution in [3.05, 3.63) is 120 Å². The van der Waals surface area contributed by atoms with Crippen LogP contribution in [0.25, 0.3) is 0 Å². The van der Waals surface area contributed by atoms with E-state index >= 15 is 0 Å². The van der Waals surface area contributed by atoms with Gasteiger partial charge >= 0.3 is 6.03 Å². The van der Waals surface area contributed by atoms with Crippen molar-refractivity contribution in [1.29, 1.82) is 0 Å². The van der Waals surface area contributed by atoms with Gasteiger partial charge in [0.05, 0.1) is 22.3 Å². The van der Waals surface area contributed by atoms with E-state index in [0.29, 0.717) is 17.8 Å². The number of hydrogen-bond donors (Lipinski definition) is 2. The predicted molar refractivity (Wildman–Crippen MR) is 153 cm³/mol. The Morgan fingerprint density at radius 2 is 1.42 bits per heavy atom. The monoisotopic (exact) mass is 524 g/mol. The SMILES string of the molecule is Cc1ccc(C2CC(c3ccc(NC(=O)Nc4ccccc4)cc3)=NN2c2ccc(S(C)(=O)=O)cc2)cc1. The number of hydrogen-bond acceptors (Lipinski definition) is 5. The van der Waals surface area contributed by atoms with Crippen LogP contribution in [0.2, 0.25) is 0 Å². The van der Waals surface area contributed by atoms with Crippen molar-refractivity contribution in [1.82, 2.24) is 0 Å². The van der Waals surface area contributed by atoms with Crippen LogP contribution in [0.5, 0.6) is 0 Å². The number of sulfone groups is 1. The first-order chi connectivity index (χ1) is 18.3. The largest absolute Gasteiger partial charge is 0.323 e. The van der Waals surface area contributed by atoms with Crippen molar-refractivity contribution in [2.45, 2.75) is 24.3 Å². The second-order valence-electron chi connectivity index (χ2n) is 9.31. The predicted octanol–water partition coefficient (Wildman–Crippen LogP) is 6.40. The van der Waals surface area contributed by atoms with Gasteiger partial charge in [0.2, 0.25) is 0 Å². The fraction of sp³-hybridized carbons (Fsp3) is 0.133. The van der Waals surface area contributed by atoms with Gasteiger partial charge in [-0.2, -0.15) is 5.10 Å². The molecule has 0 aliphatic carbocycles. The number of nitrogens with zero attached hydrogens (tertiary/aromatic N) is 2. The van der Waals surface area contributed by atoms with Crippen LogP contribution in [0.15, 0.2) is 113 Å². The lowest BCUT2D eigenvalue weighted by Gasteiger charge is -2.24. The molecule has 7 nitrogen and oxygen atoms in total. The number of hydrazone groups is 1. The van der Waals surface area contributed by atoms with Crippen LogP contribution in [0.4, 0.5) is 21.9 Å². The van der Waals surface area contributed by atoms with E-state index in [1.54, 1.807) is 24.3 Å². The number of aryl methyl sites for hydroxylation is 1. The van der Waals surface area contributed by atoms with Gasteiger partial charge in [0.15, 0.2) is 9.84 Å². The van der Waals surface area contributed by atoms with Gasteiger partial charge in [-0.15, -0.1) is 0 Å². The van der Waals surface area contributed by atoms with E-state index in [2.05, 4.69) is 41.8 Å². The van der Waals surface area contributed by atoms with Crippen LogP contribution in [0.3, 0.4) is 0 Å². The quantitative estimate of drug-likeness (QED) is 0.305. The lowest BCUT2D eigenvalue weighted by molar-refractivity contribution is 0.262. The number of benzene rings is 4. The van der Waals surface area contributed by atoms with E-state index in [0.717, 1.165) is 22.5 Å². The van der Waals surface area contributed by atoms with Gasteiger partial charge in [0.1, 0.15) is 0 Å². The number of rotatable bonds is 6. The zero-order valence-corrected chi connectivity index (χ0v) is 21.9. The van der Waals surface area contributed by atoms with Crippen LogP contribution >= 0.6 is 0 Å². The van der Waals surface area contributed by atoms with Crippen molar-refractivity contribution in [3.8, 4) is 0 Å². The summed E-state index contributed by atoms with van der Waals surface area (Å²) in [6.07, 6.45) is 1.88. The Morgan fingerprint density at radius 1 is 0.816 bits per heavy atom. The Bertz CT molecular complexity index is 1570. The maximum Gasteiger partial charge on any atom is 0.323 e. The fourth-order valence-electron chi connectivity index (χ4n) is 4.38. The maximum absolute atomic E-state index is 12.3. The Hall–Kier alpha value is -4.43. The molecule has 192 valence electrons. The molecule has 5 rings (SSSR count). The average molecular weight is 525 g/mol. The van der Waals surface area contributed by atoms with Crippen molar-refractivity contribution in [2.75, 3.05) is 21.9 Å². The molecule has 2 amide bonds. The molecule has 0 fully saturated rings. The molecule has 2 N–H and O–H groups in total. The molecule has 1 unspecified atom stereocenters.